The van der Waals surface area contributed by atoms with Crippen molar-refractivity contribution in [3.05, 3.63) is 35.6 Å². The molecular formula is C16H21FOS. The van der Waals surface area contributed by atoms with Crippen molar-refractivity contribution in [2.45, 2.75) is 44.3 Å². The summed E-state index contributed by atoms with van der Waals surface area (Å²) in [6.45, 7) is 2.29. The van der Waals surface area contributed by atoms with Gasteiger partial charge >= 0.3 is 0 Å². The normalized spacial score (nSPS) is 23.3. The molecule has 0 bridgehead atoms. The Morgan fingerprint density at radius 3 is 2.89 bits per heavy atom. The summed E-state index contributed by atoms with van der Waals surface area (Å²) in [5.74, 6) is 1.17. The van der Waals surface area contributed by atoms with Crippen LogP contribution in [0.1, 0.15) is 38.2 Å². The number of carbonyl (C=O) groups is 1. The van der Waals surface area contributed by atoms with E-state index in [1.165, 1.54) is 31.7 Å². The molecule has 1 aromatic carbocycles. The molecule has 2 atom stereocenters. The molecule has 1 saturated carbocycles. The highest BCUT2D eigenvalue weighted by Gasteiger charge is 2.20. The lowest BCUT2D eigenvalue weighted by molar-refractivity contribution is -0.116. The second-order valence-electron chi connectivity index (χ2n) is 5.51. The van der Waals surface area contributed by atoms with Crippen LogP contribution in [-0.2, 0) is 11.2 Å². The van der Waals surface area contributed by atoms with Crippen molar-refractivity contribution < 1.29 is 9.18 Å². The molecule has 0 aromatic heterocycles. The van der Waals surface area contributed by atoms with E-state index >= 15 is 0 Å². The number of hydrogen-bond donors (Lipinski definition) is 0. The first-order valence-electron chi connectivity index (χ1n) is 7.02. The largest absolute Gasteiger partial charge is 0.298 e. The summed E-state index contributed by atoms with van der Waals surface area (Å²) in [7, 11) is 0. The van der Waals surface area contributed by atoms with Gasteiger partial charge in [0.2, 0.25) is 0 Å². The smallest absolute Gasteiger partial charge is 0.147 e. The Kier molecular flexibility index (Phi) is 5.44. The molecule has 0 saturated heterocycles. The van der Waals surface area contributed by atoms with Crippen LogP contribution in [0.4, 0.5) is 4.39 Å². The number of halogens is 1. The van der Waals surface area contributed by atoms with Gasteiger partial charge in [0, 0.05) is 11.7 Å². The summed E-state index contributed by atoms with van der Waals surface area (Å²) in [5, 5.41) is 0.619. The fourth-order valence-electron chi connectivity index (χ4n) is 2.65. The lowest BCUT2D eigenvalue weighted by Gasteiger charge is -2.25. The van der Waals surface area contributed by atoms with Crippen LogP contribution < -0.4 is 0 Å². The number of rotatable bonds is 5. The third-order valence-corrected chi connectivity index (χ3v) is 5.10. The van der Waals surface area contributed by atoms with Gasteiger partial charge in [-0.25, -0.2) is 4.39 Å². The number of hydrogen-bond acceptors (Lipinski definition) is 2. The van der Waals surface area contributed by atoms with Gasteiger partial charge in [-0.3, -0.25) is 4.79 Å². The third kappa shape index (κ3) is 4.64. The van der Waals surface area contributed by atoms with Crippen LogP contribution in [0.5, 0.6) is 0 Å². The Labute approximate surface area is 119 Å². The first kappa shape index (κ1) is 14.6. The van der Waals surface area contributed by atoms with E-state index in [1.54, 1.807) is 30.0 Å². The quantitative estimate of drug-likeness (QED) is 0.802. The molecule has 0 heterocycles. The van der Waals surface area contributed by atoms with E-state index in [-0.39, 0.29) is 18.0 Å². The van der Waals surface area contributed by atoms with Crippen molar-refractivity contribution in [2.75, 3.05) is 5.75 Å². The highest BCUT2D eigenvalue weighted by Crippen LogP contribution is 2.31. The van der Waals surface area contributed by atoms with Gasteiger partial charge in [-0.2, -0.15) is 11.8 Å². The molecule has 2 unspecified atom stereocenters. The van der Waals surface area contributed by atoms with Crippen LogP contribution in [0.2, 0.25) is 0 Å². The molecule has 0 aliphatic heterocycles. The summed E-state index contributed by atoms with van der Waals surface area (Å²) in [5.41, 5.74) is 0.519. The lowest BCUT2D eigenvalue weighted by atomic mass is 9.91. The van der Waals surface area contributed by atoms with E-state index in [0.29, 0.717) is 16.6 Å². The second-order valence-corrected chi connectivity index (χ2v) is 6.80. The van der Waals surface area contributed by atoms with Crippen LogP contribution in [0.3, 0.4) is 0 Å². The average Bonchev–Trinajstić information content (AvgIpc) is 2.39. The summed E-state index contributed by atoms with van der Waals surface area (Å²) in [6, 6.07) is 6.54. The van der Waals surface area contributed by atoms with E-state index in [4.69, 9.17) is 0 Å². The van der Waals surface area contributed by atoms with Crippen LogP contribution in [-0.4, -0.2) is 16.8 Å². The Morgan fingerprint density at radius 1 is 1.37 bits per heavy atom. The van der Waals surface area contributed by atoms with Gasteiger partial charge in [0.05, 0.1) is 5.75 Å². The molecule has 1 aromatic rings. The van der Waals surface area contributed by atoms with Gasteiger partial charge in [0.25, 0.3) is 0 Å². The van der Waals surface area contributed by atoms with Crippen molar-refractivity contribution in [3.8, 4) is 0 Å². The second kappa shape index (κ2) is 7.09. The molecule has 1 nitrogen and oxygen atoms in total. The first-order chi connectivity index (χ1) is 9.15. The zero-order chi connectivity index (χ0) is 13.7. The maximum atomic E-state index is 13.4. The molecule has 1 aliphatic carbocycles. The molecule has 19 heavy (non-hydrogen) atoms. The van der Waals surface area contributed by atoms with Crippen LogP contribution >= 0.6 is 11.8 Å². The topological polar surface area (TPSA) is 17.1 Å². The Balaban J connectivity index is 1.77. The van der Waals surface area contributed by atoms with Gasteiger partial charge < -0.3 is 0 Å². The predicted molar refractivity (Wildman–Crippen MR) is 79.0 cm³/mol. The van der Waals surface area contributed by atoms with Crippen molar-refractivity contribution in [3.63, 3.8) is 0 Å². The maximum absolute atomic E-state index is 13.4. The minimum absolute atomic E-state index is 0.133. The van der Waals surface area contributed by atoms with Gasteiger partial charge in [0.15, 0.2) is 0 Å². The number of thioether (sulfide) groups is 1. The van der Waals surface area contributed by atoms with Crippen molar-refractivity contribution >= 4 is 17.5 Å². The molecule has 104 valence electrons. The fraction of sp³-hybridized carbons (Fsp3) is 0.562. The van der Waals surface area contributed by atoms with Gasteiger partial charge in [0.1, 0.15) is 11.6 Å². The lowest BCUT2D eigenvalue weighted by Crippen LogP contribution is -2.17. The standard InChI is InChI=1S/C16H21FOS/c1-12-5-4-7-15(9-12)19-11-14(18)10-13-6-2-3-8-16(13)17/h2-3,6,8,12,15H,4-5,7,9-11H2,1H3. The number of benzene rings is 1. The fourth-order valence-corrected chi connectivity index (χ4v) is 3.97. The van der Waals surface area contributed by atoms with Gasteiger partial charge in [-0.05, 0) is 30.4 Å². The molecule has 1 aliphatic rings. The number of Topliss-reactive ketones (excluding diaryl/α,β-unsaturated/α-hetero) is 1. The summed E-state index contributed by atoms with van der Waals surface area (Å²) in [6.07, 6.45) is 5.27. The Morgan fingerprint density at radius 2 is 2.16 bits per heavy atom. The van der Waals surface area contributed by atoms with Crippen LogP contribution in [0.25, 0.3) is 0 Å². The molecule has 2 rings (SSSR count). The highest BCUT2D eigenvalue weighted by atomic mass is 32.2. The van der Waals surface area contributed by atoms with Crippen LogP contribution in [0, 0.1) is 11.7 Å². The SMILES string of the molecule is CC1CCCC(SCC(=O)Cc2ccccc2F)C1. The zero-order valence-electron chi connectivity index (χ0n) is 11.4. The minimum Gasteiger partial charge on any atom is -0.298 e. The summed E-state index contributed by atoms with van der Waals surface area (Å²) < 4.78 is 13.4. The molecule has 0 radical (unpaired) electrons. The monoisotopic (exact) mass is 280 g/mol. The van der Waals surface area contributed by atoms with E-state index < -0.39 is 0 Å². The Hall–Kier alpha value is -0.830. The van der Waals surface area contributed by atoms with Crippen LogP contribution in [0.15, 0.2) is 24.3 Å². The zero-order valence-corrected chi connectivity index (χ0v) is 12.2. The molecule has 1 fully saturated rings. The van der Waals surface area contributed by atoms with Crippen molar-refractivity contribution in [1.82, 2.24) is 0 Å². The van der Waals surface area contributed by atoms with E-state index in [2.05, 4.69) is 6.92 Å². The van der Waals surface area contributed by atoms with Gasteiger partial charge in [-0.15, -0.1) is 0 Å². The maximum Gasteiger partial charge on any atom is 0.147 e. The van der Waals surface area contributed by atoms with E-state index in [1.807, 2.05) is 0 Å². The molecule has 0 N–H and O–H groups in total. The summed E-state index contributed by atoms with van der Waals surface area (Å²) in [4.78, 5) is 11.9. The third-order valence-electron chi connectivity index (χ3n) is 3.71. The van der Waals surface area contributed by atoms with Crippen molar-refractivity contribution in [2.24, 2.45) is 5.92 Å². The first-order valence-corrected chi connectivity index (χ1v) is 8.06. The summed E-state index contributed by atoms with van der Waals surface area (Å²) >= 11 is 1.76. The molecule has 0 amide bonds. The highest BCUT2D eigenvalue weighted by molar-refractivity contribution is 8.00. The van der Waals surface area contributed by atoms with Crippen molar-refractivity contribution in [1.29, 1.82) is 0 Å². The van der Waals surface area contributed by atoms with E-state index in [0.717, 1.165) is 5.92 Å². The van der Waals surface area contributed by atoms with E-state index in [9.17, 15) is 9.18 Å². The average molecular weight is 280 g/mol. The molecule has 0 spiro atoms. The Bertz CT molecular complexity index is 433. The molecule has 3 heteroatoms. The minimum atomic E-state index is -0.271. The van der Waals surface area contributed by atoms with Gasteiger partial charge in [-0.1, -0.05) is 38.0 Å². The molecular weight excluding hydrogens is 259 g/mol. The number of ketones is 1. The predicted octanol–water partition coefficient (Wildman–Crippen LogP) is 4.25. The number of carbonyl (C=O) groups excluding carboxylic acids is 1.